The van der Waals surface area contributed by atoms with Crippen LogP contribution in [0.4, 0.5) is 0 Å². The average Bonchev–Trinajstić information content (AvgIpc) is 2.35. The second-order valence-electron chi connectivity index (χ2n) is 3.76. The molecule has 0 radical (unpaired) electrons. The molecule has 0 aliphatic heterocycles. The molecule has 0 atom stereocenters. The Morgan fingerprint density at radius 1 is 0.727 bits per heavy atom. The van der Waals surface area contributed by atoms with Crippen LogP contribution in [0.3, 0.4) is 0 Å². The molecule has 0 amide bonds. The Kier molecular flexibility index (Phi) is 14.6. The number of hydrogen-bond donors (Lipinski definition) is 0. The van der Waals surface area contributed by atoms with Crippen LogP contribution in [0.5, 0.6) is 0 Å². The first-order valence-corrected chi connectivity index (χ1v) is 5.13. The summed E-state index contributed by atoms with van der Waals surface area (Å²) in [5, 5.41) is 33.3. The fourth-order valence-corrected chi connectivity index (χ4v) is 1.93. The molecule has 2 aromatic rings. The summed E-state index contributed by atoms with van der Waals surface area (Å²) in [4.78, 5) is 33.0. The molecule has 6 nitrogen and oxygen atoms in total. The summed E-state index contributed by atoms with van der Waals surface area (Å²) in [6.45, 7) is 0. The molecule has 0 aromatic heterocycles. The van der Waals surface area contributed by atoms with Crippen molar-refractivity contribution in [2.45, 2.75) is 0 Å². The van der Waals surface area contributed by atoms with E-state index in [1.54, 1.807) is 6.07 Å². The van der Waals surface area contributed by atoms with Crippen molar-refractivity contribution in [3.63, 3.8) is 0 Å². The molecular formula is C13H5O6Rb3. The van der Waals surface area contributed by atoms with Crippen molar-refractivity contribution < 1.29 is 204 Å². The molecule has 9 heteroatoms. The standard InChI is InChI=1S/C13H8O6.3Rb/c14-11(15)8-5-6-3-1-2-4-7(6)9(12(16)17)10(8)13(18)19;;;/h1-5H,(H,14,15)(H,16,17)(H,18,19);;;/q;3*+1/p-3. The van der Waals surface area contributed by atoms with E-state index >= 15 is 0 Å². The summed E-state index contributed by atoms with van der Waals surface area (Å²) in [5.41, 5.74) is -2.42. The van der Waals surface area contributed by atoms with Crippen molar-refractivity contribution in [3.05, 3.63) is 47.0 Å². The summed E-state index contributed by atoms with van der Waals surface area (Å²) >= 11 is 0. The quantitative estimate of drug-likeness (QED) is 0.402. The van der Waals surface area contributed by atoms with E-state index in [1.165, 1.54) is 18.2 Å². The minimum absolute atomic E-state index is 0. The number of fused-ring (bicyclic) bond motifs is 1. The Bertz CT molecular complexity index is 729. The third-order valence-electron chi connectivity index (χ3n) is 2.68. The Morgan fingerprint density at radius 3 is 1.68 bits per heavy atom. The van der Waals surface area contributed by atoms with Gasteiger partial charge in [-0.1, -0.05) is 24.3 Å². The largest absolute Gasteiger partial charge is 1.00 e. The van der Waals surface area contributed by atoms with Crippen molar-refractivity contribution in [2.75, 3.05) is 0 Å². The Balaban J connectivity index is 0. The van der Waals surface area contributed by atoms with E-state index in [0.717, 1.165) is 6.07 Å². The van der Waals surface area contributed by atoms with Gasteiger partial charge in [-0.2, -0.15) is 0 Å². The maximum atomic E-state index is 11.1. The Morgan fingerprint density at radius 2 is 1.23 bits per heavy atom. The molecule has 0 saturated heterocycles. The van der Waals surface area contributed by atoms with Crippen molar-refractivity contribution >= 4 is 28.7 Å². The van der Waals surface area contributed by atoms with Crippen LogP contribution in [0.15, 0.2) is 30.3 Å². The number of carboxylic acid groups (broad SMARTS) is 3. The van der Waals surface area contributed by atoms with Gasteiger partial charge in [0.2, 0.25) is 0 Å². The summed E-state index contributed by atoms with van der Waals surface area (Å²) < 4.78 is 0. The minimum Gasteiger partial charge on any atom is -0.545 e. The van der Waals surface area contributed by atoms with Gasteiger partial charge in [-0.3, -0.25) is 0 Å². The van der Waals surface area contributed by atoms with Crippen LogP contribution in [0.1, 0.15) is 31.1 Å². The monoisotopic (exact) mass is 512 g/mol. The molecule has 0 spiro atoms. The maximum Gasteiger partial charge on any atom is 1.00 e. The van der Waals surface area contributed by atoms with Crippen molar-refractivity contribution in [3.8, 4) is 0 Å². The Labute approximate surface area is 272 Å². The molecule has 0 N–H and O–H groups in total. The van der Waals surface area contributed by atoms with E-state index in [9.17, 15) is 29.7 Å². The molecular weight excluding hydrogens is 509 g/mol. The fraction of sp³-hybridized carbons (Fsp3) is 0. The third-order valence-corrected chi connectivity index (χ3v) is 2.68. The molecule has 0 bridgehead atoms. The van der Waals surface area contributed by atoms with Gasteiger partial charge in [0.1, 0.15) is 0 Å². The second-order valence-corrected chi connectivity index (χ2v) is 3.76. The van der Waals surface area contributed by atoms with E-state index in [1.807, 2.05) is 0 Å². The predicted molar refractivity (Wildman–Crippen MR) is 56.9 cm³/mol. The fourth-order valence-electron chi connectivity index (χ4n) is 1.93. The van der Waals surface area contributed by atoms with Crippen LogP contribution in [0, 0.1) is 0 Å². The average molecular weight is 514 g/mol. The van der Waals surface area contributed by atoms with Gasteiger partial charge in [0.05, 0.1) is 17.9 Å². The predicted octanol–water partition coefficient (Wildman–Crippen LogP) is -11.1. The van der Waals surface area contributed by atoms with Crippen LogP contribution in [0.2, 0.25) is 0 Å². The van der Waals surface area contributed by atoms with Gasteiger partial charge < -0.3 is 29.7 Å². The van der Waals surface area contributed by atoms with Crippen molar-refractivity contribution in [1.29, 1.82) is 0 Å². The SMILES string of the molecule is O=C([O-])c1cc2ccccc2c(C(=O)[O-])c1C(=O)[O-].[Rb+].[Rb+].[Rb+]. The van der Waals surface area contributed by atoms with Crippen LogP contribution in [-0.4, -0.2) is 17.9 Å². The van der Waals surface area contributed by atoms with E-state index in [2.05, 4.69) is 0 Å². The number of aromatic carboxylic acids is 3. The first-order chi connectivity index (χ1) is 8.93. The van der Waals surface area contributed by atoms with Gasteiger partial charge in [0.25, 0.3) is 0 Å². The molecule has 0 saturated carbocycles. The summed E-state index contributed by atoms with van der Waals surface area (Å²) in [5.74, 6) is -5.50. The zero-order chi connectivity index (χ0) is 14.2. The number of rotatable bonds is 3. The first-order valence-electron chi connectivity index (χ1n) is 5.13. The van der Waals surface area contributed by atoms with E-state index < -0.39 is 34.6 Å². The zero-order valence-corrected chi connectivity index (χ0v) is 27.1. The topological polar surface area (TPSA) is 120 Å². The summed E-state index contributed by atoms with van der Waals surface area (Å²) in [7, 11) is 0. The molecule has 2 rings (SSSR count). The molecule has 0 heterocycles. The number of hydrogen-bond acceptors (Lipinski definition) is 6. The summed E-state index contributed by atoms with van der Waals surface area (Å²) in [6.07, 6.45) is 0. The van der Waals surface area contributed by atoms with Gasteiger partial charge in [0.15, 0.2) is 0 Å². The molecule has 0 aliphatic carbocycles. The van der Waals surface area contributed by atoms with Gasteiger partial charge in [-0.05, 0) is 16.8 Å². The number of carbonyl (C=O) groups is 3. The third kappa shape index (κ3) is 6.05. The Hall–Kier alpha value is 2.53. The second kappa shape index (κ2) is 12.0. The van der Waals surface area contributed by atoms with Crippen LogP contribution >= 0.6 is 0 Å². The minimum atomic E-state index is -1.91. The van der Waals surface area contributed by atoms with Gasteiger partial charge in [-0.15, -0.1) is 0 Å². The van der Waals surface area contributed by atoms with Crippen molar-refractivity contribution in [2.24, 2.45) is 0 Å². The molecule has 96 valence electrons. The first kappa shape index (κ1) is 26.8. The molecule has 0 unspecified atom stereocenters. The van der Waals surface area contributed by atoms with Gasteiger partial charge >= 0.3 is 175 Å². The van der Waals surface area contributed by atoms with Crippen LogP contribution in [0.25, 0.3) is 10.8 Å². The van der Waals surface area contributed by atoms with E-state index in [-0.39, 0.29) is 185 Å². The van der Waals surface area contributed by atoms with Gasteiger partial charge in [0, 0.05) is 16.7 Å². The number of carbonyl (C=O) groups excluding carboxylic acids is 3. The summed E-state index contributed by atoms with van der Waals surface area (Å²) in [6, 6.07) is 6.88. The number of carboxylic acids is 3. The molecule has 0 aliphatic rings. The van der Waals surface area contributed by atoms with E-state index in [4.69, 9.17) is 0 Å². The maximum absolute atomic E-state index is 11.1. The van der Waals surface area contributed by atoms with Crippen LogP contribution in [-0.2, 0) is 0 Å². The van der Waals surface area contributed by atoms with Crippen molar-refractivity contribution in [1.82, 2.24) is 0 Å². The molecule has 0 fully saturated rings. The van der Waals surface area contributed by atoms with E-state index in [0.29, 0.717) is 0 Å². The normalized spacial score (nSPS) is 8.91. The smallest absolute Gasteiger partial charge is 0.545 e. The zero-order valence-electron chi connectivity index (χ0n) is 12.3. The number of benzene rings is 2. The molecule has 2 aromatic carbocycles. The van der Waals surface area contributed by atoms with Gasteiger partial charge in [-0.25, -0.2) is 0 Å². The van der Waals surface area contributed by atoms with Crippen LogP contribution < -0.4 is 190 Å². The molecule has 22 heavy (non-hydrogen) atoms.